The van der Waals surface area contributed by atoms with Crippen molar-refractivity contribution in [3.05, 3.63) is 23.4 Å². The van der Waals surface area contributed by atoms with Crippen molar-refractivity contribution in [2.24, 2.45) is 11.5 Å². The van der Waals surface area contributed by atoms with Gasteiger partial charge in [-0.05, 0) is 44.7 Å². The van der Waals surface area contributed by atoms with Crippen LogP contribution in [0.25, 0.3) is 0 Å². The lowest BCUT2D eigenvalue weighted by molar-refractivity contribution is 0.0982. The molecule has 2 unspecified atom stereocenters. The fraction of sp³-hybridized carbons (Fsp3) is 0.538. The van der Waals surface area contributed by atoms with Crippen molar-refractivity contribution >= 4 is 5.91 Å². The number of pyridine rings is 1. The Morgan fingerprint density at radius 2 is 2.22 bits per heavy atom. The summed E-state index contributed by atoms with van der Waals surface area (Å²) in [5.74, 6) is -0.181. The molecule has 1 aromatic rings. The Kier molecular flexibility index (Phi) is 3.81. The van der Waals surface area contributed by atoms with Crippen LogP contribution in [0.3, 0.4) is 0 Å². The first-order valence-corrected chi connectivity index (χ1v) is 6.26. The quantitative estimate of drug-likeness (QED) is 0.840. The topological polar surface area (TPSA) is 91.2 Å². The van der Waals surface area contributed by atoms with E-state index in [0.29, 0.717) is 11.4 Å². The van der Waals surface area contributed by atoms with Crippen LogP contribution in [0.1, 0.15) is 41.7 Å². The predicted molar refractivity (Wildman–Crippen MR) is 68.4 cm³/mol. The molecule has 1 aliphatic rings. The number of aromatic nitrogens is 1. The highest BCUT2D eigenvalue weighted by Crippen LogP contribution is 2.24. The normalized spacial score (nSPS) is 23.7. The van der Waals surface area contributed by atoms with Crippen molar-refractivity contribution < 1.29 is 9.53 Å². The van der Waals surface area contributed by atoms with Crippen LogP contribution >= 0.6 is 0 Å². The number of rotatable bonds is 3. The molecule has 4 N–H and O–H groups in total. The van der Waals surface area contributed by atoms with Crippen LogP contribution in [0, 0.1) is 6.92 Å². The first-order chi connectivity index (χ1) is 8.56. The average Bonchev–Trinajstić information content (AvgIpc) is 2.28. The van der Waals surface area contributed by atoms with Crippen LogP contribution in [0.2, 0.25) is 0 Å². The number of hydrogen-bond donors (Lipinski definition) is 2. The van der Waals surface area contributed by atoms with E-state index in [0.717, 1.165) is 31.4 Å². The highest BCUT2D eigenvalue weighted by atomic mass is 16.5. The van der Waals surface area contributed by atoms with Crippen molar-refractivity contribution in [1.29, 1.82) is 0 Å². The third-order valence-corrected chi connectivity index (χ3v) is 3.21. The van der Waals surface area contributed by atoms with Gasteiger partial charge in [0.2, 0.25) is 5.88 Å². The van der Waals surface area contributed by atoms with Gasteiger partial charge in [0.15, 0.2) is 0 Å². The Bertz CT molecular complexity index is 448. The number of primary amides is 1. The number of nitrogens with two attached hydrogens (primary N) is 2. The van der Waals surface area contributed by atoms with Crippen molar-refractivity contribution in [2.75, 3.05) is 0 Å². The summed E-state index contributed by atoms with van der Waals surface area (Å²) in [7, 11) is 0. The van der Waals surface area contributed by atoms with Crippen LogP contribution < -0.4 is 16.2 Å². The monoisotopic (exact) mass is 249 g/mol. The van der Waals surface area contributed by atoms with Crippen LogP contribution in [0.15, 0.2) is 12.1 Å². The summed E-state index contributed by atoms with van der Waals surface area (Å²) in [6.45, 7) is 1.85. The fourth-order valence-corrected chi connectivity index (χ4v) is 2.26. The van der Waals surface area contributed by atoms with Crippen molar-refractivity contribution in [1.82, 2.24) is 4.98 Å². The van der Waals surface area contributed by atoms with Crippen molar-refractivity contribution in [3.8, 4) is 5.88 Å². The maximum absolute atomic E-state index is 11.3. The second-order valence-electron chi connectivity index (χ2n) is 4.84. The lowest BCUT2D eigenvalue weighted by atomic mass is 9.93. The molecule has 1 amide bonds. The van der Waals surface area contributed by atoms with E-state index < -0.39 is 5.91 Å². The molecule has 98 valence electrons. The summed E-state index contributed by atoms with van der Waals surface area (Å²) >= 11 is 0. The zero-order valence-electron chi connectivity index (χ0n) is 10.6. The predicted octanol–water partition coefficient (Wildman–Crippen LogP) is 1.14. The maximum atomic E-state index is 11.3. The minimum Gasteiger partial charge on any atom is -0.474 e. The lowest BCUT2D eigenvalue weighted by Crippen LogP contribution is -2.34. The first kappa shape index (κ1) is 12.8. The van der Waals surface area contributed by atoms with E-state index in [9.17, 15) is 4.79 Å². The SMILES string of the molecule is Cc1ccc(C(N)=O)c(OC2CCCC(N)C2)n1. The molecule has 0 aromatic carbocycles. The van der Waals surface area contributed by atoms with E-state index in [2.05, 4.69) is 4.98 Å². The van der Waals surface area contributed by atoms with Crippen LogP contribution in [-0.2, 0) is 0 Å². The molecule has 0 radical (unpaired) electrons. The minimum atomic E-state index is -0.516. The Hall–Kier alpha value is -1.62. The molecule has 18 heavy (non-hydrogen) atoms. The molecule has 0 saturated heterocycles. The molecule has 1 heterocycles. The second-order valence-corrected chi connectivity index (χ2v) is 4.84. The number of ether oxygens (including phenoxy) is 1. The molecule has 2 rings (SSSR count). The van der Waals surface area contributed by atoms with Gasteiger partial charge in [0.25, 0.3) is 5.91 Å². The van der Waals surface area contributed by atoms with E-state index in [1.807, 2.05) is 6.92 Å². The van der Waals surface area contributed by atoms with Gasteiger partial charge in [0.05, 0.1) is 0 Å². The van der Waals surface area contributed by atoms with Gasteiger partial charge in [-0.15, -0.1) is 0 Å². The molecule has 0 bridgehead atoms. The summed E-state index contributed by atoms with van der Waals surface area (Å²) in [6, 6.07) is 3.58. The molecule has 2 atom stereocenters. The van der Waals surface area contributed by atoms with Crippen LogP contribution in [0.4, 0.5) is 0 Å². The van der Waals surface area contributed by atoms with Gasteiger partial charge in [-0.1, -0.05) is 0 Å². The highest BCUT2D eigenvalue weighted by Gasteiger charge is 2.23. The van der Waals surface area contributed by atoms with Crippen molar-refractivity contribution in [2.45, 2.75) is 44.8 Å². The molecule has 1 fully saturated rings. The fourth-order valence-electron chi connectivity index (χ4n) is 2.26. The zero-order valence-corrected chi connectivity index (χ0v) is 10.6. The first-order valence-electron chi connectivity index (χ1n) is 6.26. The van der Waals surface area contributed by atoms with E-state index in [-0.39, 0.29) is 12.1 Å². The molecule has 5 nitrogen and oxygen atoms in total. The Morgan fingerprint density at radius 3 is 2.89 bits per heavy atom. The van der Waals surface area contributed by atoms with Gasteiger partial charge in [-0.3, -0.25) is 4.79 Å². The summed E-state index contributed by atoms with van der Waals surface area (Å²) in [5.41, 5.74) is 12.4. The van der Waals surface area contributed by atoms with Gasteiger partial charge in [0, 0.05) is 11.7 Å². The number of carbonyl (C=O) groups excluding carboxylic acids is 1. The molecule has 1 aliphatic carbocycles. The number of aryl methyl sites for hydroxylation is 1. The van der Waals surface area contributed by atoms with Crippen LogP contribution in [0.5, 0.6) is 5.88 Å². The molecule has 1 saturated carbocycles. The van der Waals surface area contributed by atoms with E-state index in [1.165, 1.54) is 0 Å². The summed E-state index contributed by atoms with van der Waals surface area (Å²) < 4.78 is 5.81. The maximum Gasteiger partial charge on any atom is 0.254 e. The second kappa shape index (κ2) is 5.35. The van der Waals surface area contributed by atoms with Crippen molar-refractivity contribution in [3.63, 3.8) is 0 Å². The molecule has 0 aliphatic heterocycles. The third-order valence-electron chi connectivity index (χ3n) is 3.21. The minimum absolute atomic E-state index is 0.0288. The van der Waals surface area contributed by atoms with E-state index >= 15 is 0 Å². The smallest absolute Gasteiger partial charge is 0.254 e. The molecule has 5 heteroatoms. The average molecular weight is 249 g/mol. The number of nitrogens with zero attached hydrogens (tertiary/aromatic N) is 1. The summed E-state index contributed by atoms with van der Waals surface area (Å²) in [6.07, 6.45) is 3.85. The van der Waals surface area contributed by atoms with Gasteiger partial charge < -0.3 is 16.2 Å². The molecular weight excluding hydrogens is 230 g/mol. The number of amides is 1. The summed E-state index contributed by atoms with van der Waals surface area (Å²) in [4.78, 5) is 15.6. The summed E-state index contributed by atoms with van der Waals surface area (Å²) in [5, 5.41) is 0. The Balaban J connectivity index is 2.16. The third kappa shape index (κ3) is 2.98. The lowest BCUT2D eigenvalue weighted by Gasteiger charge is -2.27. The van der Waals surface area contributed by atoms with E-state index in [1.54, 1.807) is 12.1 Å². The Morgan fingerprint density at radius 1 is 1.44 bits per heavy atom. The number of carbonyl (C=O) groups is 1. The van der Waals surface area contributed by atoms with Gasteiger partial charge in [0.1, 0.15) is 11.7 Å². The molecule has 0 spiro atoms. The van der Waals surface area contributed by atoms with Gasteiger partial charge in [-0.2, -0.15) is 0 Å². The standard InChI is InChI=1S/C13H19N3O2/c1-8-5-6-11(12(15)17)13(16-8)18-10-4-2-3-9(14)7-10/h5-6,9-10H,2-4,7,14H2,1H3,(H2,15,17). The molecule has 1 aromatic heterocycles. The molecular formula is C13H19N3O2. The zero-order chi connectivity index (χ0) is 13.1. The van der Waals surface area contributed by atoms with E-state index in [4.69, 9.17) is 16.2 Å². The Labute approximate surface area is 107 Å². The highest BCUT2D eigenvalue weighted by molar-refractivity contribution is 5.95. The largest absolute Gasteiger partial charge is 0.474 e. The number of hydrogen-bond acceptors (Lipinski definition) is 4. The van der Waals surface area contributed by atoms with Crippen LogP contribution in [-0.4, -0.2) is 23.0 Å². The van der Waals surface area contributed by atoms with Gasteiger partial charge in [-0.25, -0.2) is 4.98 Å². The van der Waals surface area contributed by atoms with Gasteiger partial charge >= 0.3 is 0 Å².